The van der Waals surface area contributed by atoms with E-state index in [2.05, 4.69) is 38.1 Å². The third-order valence-corrected chi connectivity index (χ3v) is 8.49. The molecular weight excluding hydrogens is 496 g/mol. The molecule has 206 valence electrons. The van der Waals surface area contributed by atoms with Crippen LogP contribution in [0.2, 0.25) is 0 Å². The fourth-order valence-corrected chi connectivity index (χ4v) is 6.41. The van der Waals surface area contributed by atoms with Crippen LogP contribution in [0.1, 0.15) is 81.3 Å². The van der Waals surface area contributed by atoms with Gasteiger partial charge in [-0.1, -0.05) is 62.4 Å². The number of aromatic hydroxyl groups is 4. The molecule has 0 bridgehead atoms. The molecule has 0 aromatic heterocycles. The summed E-state index contributed by atoms with van der Waals surface area (Å²) in [6, 6.07) is 16.0. The highest BCUT2D eigenvalue weighted by Crippen LogP contribution is 2.50. The first-order valence-electron chi connectivity index (χ1n) is 13.8. The average Bonchev–Trinajstić information content (AvgIpc) is 2.89. The van der Waals surface area contributed by atoms with E-state index < -0.39 is 5.92 Å². The Hall–Kier alpha value is -4.18. The number of benzene rings is 5. The van der Waals surface area contributed by atoms with E-state index in [9.17, 15) is 20.4 Å². The van der Waals surface area contributed by atoms with Crippen LogP contribution >= 0.6 is 0 Å². The first kappa shape index (κ1) is 27.4. The summed E-state index contributed by atoms with van der Waals surface area (Å²) in [5.74, 6) is 0.382. The van der Waals surface area contributed by atoms with Crippen LogP contribution in [-0.4, -0.2) is 20.4 Å². The molecule has 0 aliphatic carbocycles. The van der Waals surface area contributed by atoms with E-state index in [1.807, 2.05) is 65.8 Å². The zero-order valence-corrected chi connectivity index (χ0v) is 24.6. The molecule has 0 fully saturated rings. The van der Waals surface area contributed by atoms with Crippen LogP contribution in [0.4, 0.5) is 0 Å². The van der Waals surface area contributed by atoms with E-state index in [0.29, 0.717) is 38.6 Å². The van der Waals surface area contributed by atoms with Gasteiger partial charge in [0.1, 0.15) is 23.0 Å². The summed E-state index contributed by atoms with van der Waals surface area (Å²) in [5.41, 5.74) is 8.38. The Morgan fingerprint density at radius 2 is 0.750 bits per heavy atom. The molecule has 0 saturated carbocycles. The maximum absolute atomic E-state index is 11.9. The predicted octanol–water partition coefficient (Wildman–Crippen LogP) is 8.97. The third kappa shape index (κ3) is 4.14. The van der Waals surface area contributed by atoms with Gasteiger partial charge in [-0.05, 0) is 92.0 Å². The Balaban J connectivity index is 1.91. The summed E-state index contributed by atoms with van der Waals surface area (Å²) in [6.07, 6.45) is 0. The zero-order valence-electron chi connectivity index (χ0n) is 24.6. The van der Waals surface area contributed by atoms with Gasteiger partial charge in [-0.15, -0.1) is 0 Å². The molecule has 40 heavy (non-hydrogen) atoms. The highest BCUT2D eigenvalue weighted by Gasteiger charge is 2.29. The van der Waals surface area contributed by atoms with Crippen molar-refractivity contribution in [1.29, 1.82) is 0 Å². The molecule has 0 unspecified atom stereocenters. The van der Waals surface area contributed by atoms with Crippen molar-refractivity contribution >= 4 is 21.5 Å². The van der Waals surface area contributed by atoms with Gasteiger partial charge >= 0.3 is 0 Å². The highest BCUT2D eigenvalue weighted by atomic mass is 16.3. The molecule has 0 atom stereocenters. The van der Waals surface area contributed by atoms with Gasteiger partial charge in [0.05, 0.1) is 0 Å². The molecule has 4 N–H and O–H groups in total. The van der Waals surface area contributed by atoms with Gasteiger partial charge < -0.3 is 20.4 Å². The molecular formula is C36H38O4. The van der Waals surface area contributed by atoms with Crippen LogP contribution in [0.25, 0.3) is 21.5 Å². The summed E-state index contributed by atoms with van der Waals surface area (Å²) in [4.78, 5) is 0. The molecule has 5 aromatic carbocycles. The Bertz CT molecular complexity index is 1700. The third-order valence-electron chi connectivity index (χ3n) is 8.49. The standard InChI is InChI=1S/C36H38O4/c1-17(2)24-9-11-25(12-10-24)32(26-15-20(5)28-30(35(26)39)18(3)13-22(7)33(28)37)27-16-21(6)29-31(36(27)40)19(4)14-23(8)34(29)38/h9-17,32,37-40H,1-8H3. The molecule has 5 aromatic rings. The quantitative estimate of drug-likeness (QED) is 0.173. The maximum Gasteiger partial charge on any atom is 0.127 e. The van der Waals surface area contributed by atoms with E-state index in [-0.39, 0.29) is 23.0 Å². The van der Waals surface area contributed by atoms with Gasteiger partial charge in [-0.25, -0.2) is 0 Å². The lowest BCUT2D eigenvalue weighted by atomic mass is 9.79. The summed E-state index contributed by atoms with van der Waals surface area (Å²) in [6.45, 7) is 15.8. The second-order valence-electron chi connectivity index (χ2n) is 11.7. The van der Waals surface area contributed by atoms with Crippen molar-refractivity contribution in [2.45, 2.75) is 67.2 Å². The minimum atomic E-state index is -0.502. The number of phenols is 4. The summed E-state index contributed by atoms with van der Waals surface area (Å²) >= 11 is 0. The minimum absolute atomic E-state index is 0.0898. The fourth-order valence-electron chi connectivity index (χ4n) is 6.41. The molecule has 5 rings (SSSR count). The molecule has 0 heterocycles. The van der Waals surface area contributed by atoms with Crippen LogP contribution in [0, 0.1) is 41.5 Å². The SMILES string of the molecule is Cc1cc(C)c2c(O)c(C(c3ccc(C(C)C)cc3)c3cc(C)c4c(O)c(C)cc(C)c4c3O)cc(C)c2c1O. The lowest BCUT2D eigenvalue weighted by Gasteiger charge is -2.26. The molecule has 0 saturated heterocycles. The van der Waals surface area contributed by atoms with Crippen molar-refractivity contribution in [3.63, 3.8) is 0 Å². The molecule has 4 nitrogen and oxygen atoms in total. The Morgan fingerprint density at radius 3 is 1.12 bits per heavy atom. The van der Waals surface area contributed by atoms with Crippen LogP contribution in [-0.2, 0) is 0 Å². The Morgan fingerprint density at radius 1 is 0.425 bits per heavy atom. The van der Waals surface area contributed by atoms with Gasteiger partial charge in [-0.3, -0.25) is 0 Å². The summed E-state index contributed by atoms with van der Waals surface area (Å²) in [7, 11) is 0. The van der Waals surface area contributed by atoms with E-state index in [4.69, 9.17) is 0 Å². The first-order chi connectivity index (χ1) is 18.8. The van der Waals surface area contributed by atoms with Crippen LogP contribution < -0.4 is 0 Å². The highest BCUT2D eigenvalue weighted by molar-refractivity contribution is 6.01. The smallest absolute Gasteiger partial charge is 0.127 e. The second kappa shape index (κ2) is 9.78. The van der Waals surface area contributed by atoms with E-state index >= 15 is 0 Å². The van der Waals surface area contributed by atoms with Crippen molar-refractivity contribution in [2.75, 3.05) is 0 Å². The number of phenolic OH excluding ortho intramolecular Hbond substituents is 4. The van der Waals surface area contributed by atoms with Gasteiger partial charge in [0.2, 0.25) is 0 Å². The topological polar surface area (TPSA) is 80.9 Å². The van der Waals surface area contributed by atoms with Crippen molar-refractivity contribution in [3.8, 4) is 23.0 Å². The Labute approximate surface area is 236 Å². The molecule has 0 radical (unpaired) electrons. The monoisotopic (exact) mass is 534 g/mol. The molecule has 0 amide bonds. The lowest BCUT2D eigenvalue weighted by Crippen LogP contribution is -2.07. The van der Waals surface area contributed by atoms with Gasteiger partial charge in [0.25, 0.3) is 0 Å². The van der Waals surface area contributed by atoms with Gasteiger partial charge in [0.15, 0.2) is 0 Å². The van der Waals surface area contributed by atoms with Crippen molar-refractivity contribution < 1.29 is 20.4 Å². The van der Waals surface area contributed by atoms with Crippen LogP contribution in [0.15, 0.2) is 48.5 Å². The van der Waals surface area contributed by atoms with Crippen molar-refractivity contribution in [3.05, 3.63) is 104 Å². The Kier molecular flexibility index (Phi) is 6.70. The predicted molar refractivity (Wildman–Crippen MR) is 164 cm³/mol. The molecule has 0 spiro atoms. The van der Waals surface area contributed by atoms with E-state index in [0.717, 1.165) is 38.9 Å². The molecule has 4 heteroatoms. The number of aryl methyl sites for hydroxylation is 6. The number of hydrogen-bond donors (Lipinski definition) is 4. The normalized spacial score (nSPS) is 11.8. The zero-order chi connectivity index (χ0) is 29.2. The van der Waals surface area contributed by atoms with Gasteiger partial charge in [0, 0.05) is 38.6 Å². The summed E-state index contributed by atoms with van der Waals surface area (Å²) in [5, 5.41) is 48.1. The molecule has 0 aliphatic heterocycles. The van der Waals surface area contributed by atoms with Crippen molar-refractivity contribution in [2.24, 2.45) is 0 Å². The lowest BCUT2D eigenvalue weighted by molar-refractivity contribution is 0.461. The number of hydrogen-bond acceptors (Lipinski definition) is 4. The first-order valence-corrected chi connectivity index (χ1v) is 13.8. The second-order valence-corrected chi connectivity index (χ2v) is 11.7. The average molecular weight is 535 g/mol. The largest absolute Gasteiger partial charge is 0.507 e. The minimum Gasteiger partial charge on any atom is -0.507 e. The van der Waals surface area contributed by atoms with Crippen LogP contribution in [0.5, 0.6) is 23.0 Å². The van der Waals surface area contributed by atoms with E-state index in [1.165, 1.54) is 5.56 Å². The van der Waals surface area contributed by atoms with E-state index in [1.54, 1.807) is 0 Å². The van der Waals surface area contributed by atoms with Crippen LogP contribution in [0.3, 0.4) is 0 Å². The van der Waals surface area contributed by atoms with Gasteiger partial charge in [-0.2, -0.15) is 0 Å². The number of rotatable bonds is 4. The molecule has 0 aliphatic rings. The fraction of sp³-hybridized carbons (Fsp3) is 0.278. The summed E-state index contributed by atoms with van der Waals surface area (Å²) < 4.78 is 0. The van der Waals surface area contributed by atoms with Crippen molar-refractivity contribution in [1.82, 2.24) is 0 Å². The maximum atomic E-state index is 11.9. The number of fused-ring (bicyclic) bond motifs is 2.